The van der Waals surface area contributed by atoms with Gasteiger partial charge in [-0.05, 0) is 50.2 Å². The van der Waals surface area contributed by atoms with Crippen LogP contribution in [0, 0.1) is 0 Å². The van der Waals surface area contributed by atoms with E-state index in [1.54, 1.807) is 31.4 Å². The number of rotatable bonds is 4. The van der Waals surface area contributed by atoms with E-state index in [1.807, 2.05) is 36.4 Å². The molecule has 0 bridgehead atoms. The van der Waals surface area contributed by atoms with Crippen LogP contribution in [0.5, 0.6) is 0 Å². The number of carbonyl (C=O) groups excluding carboxylic acids is 1. The summed E-state index contributed by atoms with van der Waals surface area (Å²) in [5.74, 6) is 1.58. The van der Waals surface area contributed by atoms with Crippen molar-refractivity contribution in [3.8, 4) is 11.3 Å². The molecule has 4 heterocycles. The average molecular weight is 509 g/mol. The fourth-order valence-electron chi connectivity index (χ4n) is 3.81. The number of halogens is 1. The Bertz CT molecular complexity index is 1540. The molecular formula is C24H17BrN2O4S. The average Bonchev–Trinajstić information content (AvgIpc) is 3.50. The smallest absolute Gasteiger partial charge is 0.271 e. The van der Waals surface area contributed by atoms with Gasteiger partial charge in [0.2, 0.25) is 0 Å². The first kappa shape index (κ1) is 20.7. The molecule has 8 heteroatoms. The van der Waals surface area contributed by atoms with Gasteiger partial charge < -0.3 is 8.83 Å². The van der Waals surface area contributed by atoms with Gasteiger partial charge in [-0.2, -0.15) is 0 Å². The fraction of sp³-hybridized carbons (Fsp3) is 0.125. The molecule has 0 saturated heterocycles. The number of nitrogens with zero attached hydrogens (tertiary/aromatic N) is 2. The molecule has 6 nitrogen and oxygen atoms in total. The first-order valence-corrected chi connectivity index (χ1v) is 11.5. The van der Waals surface area contributed by atoms with E-state index in [1.165, 1.54) is 22.8 Å². The first-order valence-electron chi connectivity index (χ1n) is 9.85. The summed E-state index contributed by atoms with van der Waals surface area (Å²) in [6.07, 6.45) is 3.24. The fourth-order valence-corrected chi connectivity index (χ4v) is 5.10. The highest BCUT2D eigenvalue weighted by molar-refractivity contribution is 9.10. The Morgan fingerprint density at radius 1 is 1.19 bits per heavy atom. The number of fused-ring (bicyclic) bond motifs is 1. The monoisotopic (exact) mass is 508 g/mol. The van der Waals surface area contributed by atoms with Crippen molar-refractivity contribution < 1.29 is 13.6 Å². The number of aromatic nitrogens is 1. The second-order valence-electron chi connectivity index (χ2n) is 7.36. The largest absolute Gasteiger partial charge is 0.465 e. The molecule has 160 valence electrons. The van der Waals surface area contributed by atoms with Crippen LogP contribution < -0.4 is 14.9 Å². The van der Waals surface area contributed by atoms with Gasteiger partial charge in [-0.1, -0.05) is 39.4 Å². The lowest BCUT2D eigenvalue weighted by molar-refractivity contribution is -0.114. The predicted octanol–water partition coefficient (Wildman–Crippen LogP) is 4.44. The van der Waals surface area contributed by atoms with E-state index in [0.717, 1.165) is 10.0 Å². The molecule has 0 unspecified atom stereocenters. The number of ketones is 1. The Morgan fingerprint density at radius 3 is 2.66 bits per heavy atom. The predicted molar refractivity (Wildman–Crippen MR) is 125 cm³/mol. The summed E-state index contributed by atoms with van der Waals surface area (Å²) in [5, 5.41) is 0. The Morgan fingerprint density at radius 2 is 1.97 bits per heavy atom. The molecule has 3 aromatic heterocycles. The maximum absolute atomic E-state index is 13.4. The van der Waals surface area contributed by atoms with Crippen LogP contribution in [0.1, 0.15) is 31.4 Å². The van der Waals surface area contributed by atoms with Crippen molar-refractivity contribution in [2.45, 2.75) is 19.9 Å². The number of hydrogen-bond donors (Lipinski definition) is 0. The van der Waals surface area contributed by atoms with Crippen molar-refractivity contribution in [3.05, 3.63) is 102 Å². The maximum atomic E-state index is 13.4. The molecule has 1 aromatic carbocycles. The van der Waals surface area contributed by atoms with Gasteiger partial charge in [0.05, 0.1) is 10.8 Å². The number of hydrogen-bond acceptors (Lipinski definition) is 6. The number of thiazole rings is 1. The summed E-state index contributed by atoms with van der Waals surface area (Å²) < 4.78 is 14.5. The quantitative estimate of drug-likeness (QED) is 0.408. The second-order valence-corrected chi connectivity index (χ2v) is 9.29. The summed E-state index contributed by atoms with van der Waals surface area (Å²) in [5.41, 5.74) is 1.67. The molecule has 4 aromatic rings. The zero-order valence-electron chi connectivity index (χ0n) is 17.2. The Balaban J connectivity index is 1.69. The molecule has 5 rings (SSSR count). The number of benzene rings is 1. The third-order valence-electron chi connectivity index (χ3n) is 5.24. The zero-order valence-corrected chi connectivity index (χ0v) is 19.6. The minimum absolute atomic E-state index is 0.154. The maximum Gasteiger partial charge on any atom is 0.271 e. The number of furan rings is 2. The van der Waals surface area contributed by atoms with Crippen LogP contribution >= 0.6 is 27.3 Å². The minimum Gasteiger partial charge on any atom is -0.465 e. The van der Waals surface area contributed by atoms with Crippen LogP contribution in [-0.4, -0.2) is 10.4 Å². The molecule has 1 atom stereocenters. The summed E-state index contributed by atoms with van der Waals surface area (Å²) in [6.45, 7) is 3.27. The third-order valence-corrected chi connectivity index (χ3v) is 6.75. The lowest BCUT2D eigenvalue weighted by atomic mass is 9.98. The lowest BCUT2D eigenvalue weighted by Gasteiger charge is -2.22. The number of carbonyl (C=O) groups is 1. The van der Waals surface area contributed by atoms with E-state index < -0.39 is 6.04 Å². The van der Waals surface area contributed by atoms with Crippen LogP contribution in [0.15, 0.2) is 89.2 Å². The summed E-state index contributed by atoms with van der Waals surface area (Å²) >= 11 is 4.69. The van der Waals surface area contributed by atoms with Crippen molar-refractivity contribution in [1.29, 1.82) is 0 Å². The summed E-state index contributed by atoms with van der Waals surface area (Å²) in [4.78, 5) is 31.0. The first-order chi connectivity index (χ1) is 15.4. The molecule has 0 spiro atoms. The Hall–Kier alpha value is -3.23. The van der Waals surface area contributed by atoms with Crippen LogP contribution in [-0.2, 0) is 4.79 Å². The van der Waals surface area contributed by atoms with Gasteiger partial charge in [0.25, 0.3) is 5.56 Å². The number of Topliss-reactive ketones (excluding diaryl/α,β-unsaturated/α-hetero) is 1. The van der Waals surface area contributed by atoms with Crippen molar-refractivity contribution >= 4 is 39.1 Å². The lowest BCUT2D eigenvalue weighted by Crippen LogP contribution is -2.39. The molecule has 32 heavy (non-hydrogen) atoms. The van der Waals surface area contributed by atoms with Crippen molar-refractivity contribution in [3.63, 3.8) is 0 Å². The van der Waals surface area contributed by atoms with E-state index in [0.29, 0.717) is 37.9 Å². The standard InChI is InChI=1S/C24H17BrN2O4S/c1-13-21(14(2)28)22(19-10-9-18(31-19)15-5-7-16(25)8-6-15)27-23(29)20(32-24(27)26-13)12-17-4-3-11-30-17/h3-12,22H,1-2H3/b20-12+/t22-/m1/s1. The summed E-state index contributed by atoms with van der Waals surface area (Å²) in [7, 11) is 0. The minimum atomic E-state index is -0.688. The van der Waals surface area contributed by atoms with Crippen LogP contribution in [0.4, 0.5) is 0 Å². The van der Waals surface area contributed by atoms with Crippen LogP contribution in [0.25, 0.3) is 17.4 Å². The molecule has 1 aliphatic rings. The molecule has 0 amide bonds. The third kappa shape index (κ3) is 3.55. The normalized spacial score (nSPS) is 16.2. The second kappa shape index (κ2) is 8.03. The van der Waals surface area contributed by atoms with Gasteiger partial charge in [-0.3, -0.25) is 14.2 Å². The van der Waals surface area contributed by atoms with Crippen LogP contribution in [0.2, 0.25) is 0 Å². The molecular weight excluding hydrogens is 492 g/mol. The van der Waals surface area contributed by atoms with Gasteiger partial charge in [0, 0.05) is 27.4 Å². The van der Waals surface area contributed by atoms with E-state index in [-0.39, 0.29) is 11.3 Å². The number of allylic oxidation sites excluding steroid dienone is 2. The molecule has 0 fully saturated rings. The highest BCUT2D eigenvalue weighted by Crippen LogP contribution is 2.34. The molecule has 0 saturated carbocycles. The van der Waals surface area contributed by atoms with Gasteiger partial charge in [-0.15, -0.1) is 0 Å². The summed E-state index contributed by atoms with van der Waals surface area (Å²) in [6, 6.07) is 14.3. The Kier molecular flexibility index (Phi) is 5.19. The zero-order chi connectivity index (χ0) is 22.4. The van der Waals surface area contributed by atoms with E-state index >= 15 is 0 Å². The molecule has 0 aliphatic carbocycles. The molecule has 0 radical (unpaired) electrons. The van der Waals surface area contributed by atoms with Crippen molar-refractivity contribution in [2.75, 3.05) is 0 Å². The van der Waals surface area contributed by atoms with Gasteiger partial charge in [0.15, 0.2) is 10.6 Å². The van der Waals surface area contributed by atoms with Gasteiger partial charge >= 0.3 is 0 Å². The molecule has 0 N–H and O–H groups in total. The van der Waals surface area contributed by atoms with Gasteiger partial charge in [-0.25, -0.2) is 4.99 Å². The topological polar surface area (TPSA) is 77.7 Å². The van der Waals surface area contributed by atoms with E-state index in [4.69, 9.17) is 8.83 Å². The highest BCUT2D eigenvalue weighted by Gasteiger charge is 2.33. The van der Waals surface area contributed by atoms with Crippen LogP contribution in [0.3, 0.4) is 0 Å². The van der Waals surface area contributed by atoms with Gasteiger partial charge in [0.1, 0.15) is 23.3 Å². The van der Waals surface area contributed by atoms with Crippen molar-refractivity contribution in [1.82, 2.24) is 4.57 Å². The Labute approximate surface area is 195 Å². The van der Waals surface area contributed by atoms with E-state index in [9.17, 15) is 9.59 Å². The van der Waals surface area contributed by atoms with E-state index in [2.05, 4.69) is 20.9 Å². The van der Waals surface area contributed by atoms with Crippen molar-refractivity contribution in [2.24, 2.45) is 4.99 Å². The SMILES string of the molecule is CC(=O)C1=C(C)N=c2s/c(=C/c3ccco3)c(=O)n2[C@@H]1c1ccc(-c2ccc(Br)cc2)o1. The molecule has 1 aliphatic heterocycles. The highest BCUT2D eigenvalue weighted by atomic mass is 79.9.